The fraction of sp³-hybridized carbons (Fsp3) is 0.333. The average molecular weight is 419 g/mol. The number of piperazine rings is 1. The Balaban J connectivity index is 1.68. The lowest BCUT2D eigenvalue weighted by molar-refractivity contribution is -0.385. The molecule has 1 amide bonds. The molecule has 1 saturated heterocycles. The van der Waals surface area contributed by atoms with Crippen LogP contribution in [-0.2, 0) is 10.0 Å². The summed E-state index contributed by atoms with van der Waals surface area (Å²) in [4.78, 5) is 30.9. The van der Waals surface area contributed by atoms with Gasteiger partial charge in [0.15, 0.2) is 0 Å². The lowest BCUT2D eigenvalue weighted by Gasteiger charge is -2.35. The minimum atomic E-state index is -3.50. The van der Waals surface area contributed by atoms with Crippen molar-refractivity contribution >= 4 is 33.1 Å². The second kappa shape index (κ2) is 8.43. The summed E-state index contributed by atoms with van der Waals surface area (Å²) in [6.45, 7) is 3.40. The second-order valence-electron chi connectivity index (χ2n) is 6.46. The van der Waals surface area contributed by atoms with E-state index in [9.17, 15) is 23.3 Å². The number of nitrogens with one attached hydrogen (secondary N) is 1. The highest BCUT2D eigenvalue weighted by Crippen LogP contribution is 2.21. The SMILES string of the molecule is CCS(=O)(=O)Nc1ccccc1C(=O)N1CCN(c2ccc([N+](=O)[O-])cn2)CC1. The molecule has 29 heavy (non-hydrogen) atoms. The topological polar surface area (TPSA) is 126 Å². The molecule has 2 heterocycles. The first-order valence-corrected chi connectivity index (χ1v) is 10.7. The third kappa shape index (κ3) is 4.80. The minimum absolute atomic E-state index is 0.0753. The van der Waals surface area contributed by atoms with Gasteiger partial charge in [-0.3, -0.25) is 19.6 Å². The van der Waals surface area contributed by atoms with Crippen LogP contribution in [0.25, 0.3) is 0 Å². The van der Waals surface area contributed by atoms with Gasteiger partial charge in [-0.05, 0) is 25.1 Å². The molecule has 0 radical (unpaired) electrons. The normalized spacial score (nSPS) is 14.5. The smallest absolute Gasteiger partial charge is 0.287 e. The number of carbonyl (C=O) groups is 1. The molecular formula is C18H21N5O5S. The van der Waals surface area contributed by atoms with Crippen molar-refractivity contribution in [2.24, 2.45) is 0 Å². The molecule has 2 aromatic rings. The van der Waals surface area contributed by atoms with E-state index in [1.54, 1.807) is 35.2 Å². The predicted molar refractivity (Wildman–Crippen MR) is 109 cm³/mol. The summed E-state index contributed by atoms with van der Waals surface area (Å²) in [6, 6.07) is 9.51. The maximum Gasteiger partial charge on any atom is 0.287 e. The van der Waals surface area contributed by atoms with Gasteiger partial charge in [-0.1, -0.05) is 12.1 Å². The molecule has 0 unspecified atom stereocenters. The number of para-hydroxylation sites is 1. The number of pyridine rings is 1. The van der Waals surface area contributed by atoms with Crippen LogP contribution in [-0.4, -0.2) is 61.1 Å². The number of amides is 1. The van der Waals surface area contributed by atoms with Crippen molar-refractivity contribution in [3.8, 4) is 0 Å². The molecule has 1 aliphatic heterocycles. The van der Waals surface area contributed by atoms with E-state index >= 15 is 0 Å². The Hall–Kier alpha value is -3.21. The number of nitro groups is 1. The molecule has 11 heteroatoms. The van der Waals surface area contributed by atoms with Crippen LogP contribution >= 0.6 is 0 Å². The lowest BCUT2D eigenvalue weighted by atomic mass is 10.1. The van der Waals surface area contributed by atoms with Gasteiger partial charge < -0.3 is 9.80 Å². The minimum Gasteiger partial charge on any atom is -0.353 e. The highest BCUT2D eigenvalue weighted by molar-refractivity contribution is 7.92. The molecule has 0 aliphatic carbocycles. The molecule has 1 aliphatic rings. The summed E-state index contributed by atoms with van der Waals surface area (Å²) < 4.78 is 26.2. The molecule has 154 valence electrons. The molecule has 0 bridgehead atoms. The molecule has 1 fully saturated rings. The van der Waals surface area contributed by atoms with E-state index in [1.165, 1.54) is 19.2 Å². The van der Waals surface area contributed by atoms with Crippen LogP contribution in [0.5, 0.6) is 0 Å². The molecule has 1 aromatic carbocycles. The zero-order valence-corrected chi connectivity index (χ0v) is 16.6. The van der Waals surface area contributed by atoms with Crippen LogP contribution in [0, 0.1) is 10.1 Å². The largest absolute Gasteiger partial charge is 0.353 e. The summed E-state index contributed by atoms with van der Waals surface area (Å²) in [6.07, 6.45) is 1.21. The summed E-state index contributed by atoms with van der Waals surface area (Å²) in [5.41, 5.74) is 0.485. The number of sulfonamides is 1. The summed E-state index contributed by atoms with van der Waals surface area (Å²) in [5, 5.41) is 10.7. The maximum atomic E-state index is 12.9. The molecule has 10 nitrogen and oxygen atoms in total. The zero-order valence-electron chi connectivity index (χ0n) is 15.8. The first-order chi connectivity index (χ1) is 13.8. The monoisotopic (exact) mass is 419 g/mol. The zero-order chi connectivity index (χ0) is 21.0. The summed E-state index contributed by atoms with van der Waals surface area (Å²) >= 11 is 0. The highest BCUT2D eigenvalue weighted by Gasteiger charge is 2.25. The van der Waals surface area contributed by atoms with Gasteiger partial charge in [-0.2, -0.15) is 0 Å². The maximum absolute atomic E-state index is 12.9. The Morgan fingerprint density at radius 1 is 1.17 bits per heavy atom. The number of rotatable bonds is 6. The van der Waals surface area contributed by atoms with Crippen LogP contribution in [0.4, 0.5) is 17.2 Å². The fourth-order valence-electron chi connectivity index (χ4n) is 2.98. The number of aromatic nitrogens is 1. The van der Waals surface area contributed by atoms with Crippen molar-refractivity contribution in [2.75, 3.05) is 41.6 Å². The van der Waals surface area contributed by atoms with Crippen LogP contribution in [0.3, 0.4) is 0 Å². The molecule has 3 rings (SSSR count). The number of hydrogen-bond acceptors (Lipinski definition) is 7. The first-order valence-electron chi connectivity index (χ1n) is 9.05. The van der Waals surface area contributed by atoms with Crippen molar-refractivity contribution < 1.29 is 18.1 Å². The van der Waals surface area contributed by atoms with Gasteiger partial charge in [0, 0.05) is 32.2 Å². The van der Waals surface area contributed by atoms with Crippen molar-refractivity contribution in [1.82, 2.24) is 9.88 Å². The van der Waals surface area contributed by atoms with Gasteiger partial charge in [0.1, 0.15) is 12.0 Å². The number of hydrogen-bond donors (Lipinski definition) is 1. The van der Waals surface area contributed by atoms with Crippen molar-refractivity contribution in [1.29, 1.82) is 0 Å². The van der Waals surface area contributed by atoms with E-state index in [0.717, 1.165) is 0 Å². The van der Waals surface area contributed by atoms with Crippen LogP contribution in [0.2, 0.25) is 0 Å². The third-order valence-electron chi connectivity index (χ3n) is 4.64. The first kappa shape index (κ1) is 20.5. The van der Waals surface area contributed by atoms with E-state index < -0.39 is 14.9 Å². The fourth-order valence-corrected chi connectivity index (χ4v) is 3.64. The highest BCUT2D eigenvalue weighted by atomic mass is 32.2. The number of anilines is 2. The van der Waals surface area contributed by atoms with Crippen molar-refractivity contribution in [2.45, 2.75) is 6.92 Å². The summed E-state index contributed by atoms with van der Waals surface area (Å²) in [7, 11) is -3.50. The van der Waals surface area contributed by atoms with Gasteiger partial charge in [0.25, 0.3) is 11.6 Å². The Bertz CT molecular complexity index is 1000. The summed E-state index contributed by atoms with van der Waals surface area (Å²) in [5.74, 6) is 0.269. The molecule has 1 aromatic heterocycles. The van der Waals surface area contributed by atoms with E-state index in [4.69, 9.17) is 0 Å². The van der Waals surface area contributed by atoms with E-state index in [-0.39, 0.29) is 23.0 Å². The van der Waals surface area contributed by atoms with Gasteiger partial charge in [0.2, 0.25) is 10.0 Å². The van der Waals surface area contributed by atoms with Gasteiger partial charge in [-0.15, -0.1) is 0 Å². The Morgan fingerprint density at radius 3 is 2.45 bits per heavy atom. The third-order valence-corrected chi connectivity index (χ3v) is 5.93. The van der Waals surface area contributed by atoms with E-state index in [0.29, 0.717) is 37.6 Å². The predicted octanol–water partition coefficient (Wildman–Crippen LogP) is 1.71. The quantitative estimate of drug-likeness (QED) is 0.558. The van der Waals surface area contributed by atoms with Gasteiger partial charge >= 0.3 is 0 Å². The number of benzene rings is 1. The van der Waals surface area contributed by atoms with Gasteiger partial charge in [-0.25, -0.2) is 13.4 Å². The standard InChI is InChI=1S/C18H21N5O5S/c1-2-29(27,28)20-16-6-4-3-5-15(16)18(24)22-11-9-21(10-12-22)17-8-7-14(13-19-17)23(25)26/h3-8,13,20H,2,9-12H2,1H3. The molecule has 0 saturated carbocycles. The average Bonchev–Trinajstić information content (AvgIpc) is 2.73. The molecule has 0 spiro atoms. The van der Waals surface area contributed by atoms with E-state index in [1.807, 2.05) is 4.90 Å². The van der Waals surface area contributed by atoms with Crippen molar-refractivity contribution in [3.63, 3.8) is 0 Å². The molecule has 0 atom stereocenters. The Morgan fingerprint density at radius 2 is 1.86 bits per heavy atom. The van der Waals surface area contributed by atoms with E-state index in [2.05, 4.69) is 9.71 Å². The van der Waals surface area contributed by atoms with Crippen LogP contribution in [0.15, 0.2) is 42.6 Å². The van der Waals surface area contributed by atoms with Crippen LogP contribution < -0.4 is 9.62 Å². The molecular weight excluding hydrogens is 398 g/mol. The number of nitrogens with zero attached hydrogens (tertiary/aromatic N) is 4. The Labute approximate surface area is 168 Å². The van der Waals surface area contributed by atoms with Gasteiger partial charge in [0.05, 0.1) is 21.9 Å². The van der Waals surface area contributed by atoms with Crippen molar-refractivity contribution in [3.05, 3.63) is 58.3 Å². The second-order valence-corrected chi connectivity index (χ2v) is 8.47. The number of carbonyl (C=O) groups excluding carboxylic acids is 1. The lowest BCUT2D eigenvalue weighted by Crippen LogP contribution is -2.49. The molecule has 1 N–H and O–H groups in total. The van der Waals surface area contributed by atoms with Crippen LogP contribution in [0.1, 0.15) is 17.3 Å². The Kier molecular flexibility index (Phi) is 5.97.